The molecule has 3 rings (SSSR count). The first-order chi connectivity index (χ1) is 14.6. The Labute approximate surface area is 188 Å². The summed E-state index contributed by atoms with van der Waals surface area (Å²) in [6.07, 6.45) is 3.72. The third kappa shape index (κ3) is 10.1. The fourth-order valence-electron chi connectivity index (χ4n) is 2.52. The number of anilines is 1. The average molecular weight is 423 g/mol. The predicted molar refractivity (Wildman–Crippen MR) is 131 cm³/mol. The molecule has 0 aliphatic heterocycles. The Morgan fingerprint density at radius 1 is 0.806 bits per heavy atom. The van der Waals surface area contributed by atoms with E-state index in [4.69, 9.17) is 10.5 Å². The number of pyridine rings is 3. The molecule has 5 nitrogen and oxygen atoms in total. The maximum Gasteiger partial charge on any atom is 0.212 e. The van der Waals surface area contributed by atoms with Gasteiger partial charge in [-0.3, -0.25) is 4.98 Å². The van der Waals surface area contributed by atoms with Gasteiger partial charge in [0.2, 0.25) is 5.88 Å². The second-order valence-electron chi connectivity index (χ2n) is 8.34. The van der Waals surface area contributed by atoms with Gasteiger partial charge in [-0.15, -0.1) is 0 Å². The molecule has 0 aliphatic carbocycles. The highest BCUT2D eigenvalue weighted by Crippen LogP contribution is 2.15. The zero-order valence-electron chi connectivity index (χ0n) is 20.3. The van der Waals surface area contributed by atoms with Crippen molar-refractivity contribution in [1.29, 1.82) is 0 Å². The first kappa shape index (κ1) is 26.1. The van der Waals surface area contributed by atoms with Crippen LogP contribution in [0.1, 0.15) is 81.8 Å². The molecule has 5 heteroatoms. The zero-order chi connectivity index (χ0) is 23.4. The van der Waals surface area contributed by atoms with Crippen LogP contribution >= 0.6 is 0 Å². The Morgan fingerprint density at radius 3 is 1.87 bits per heavy atom. The van der Waals surface area contributed by atoms with Crippen LogP contribution in [0.25, 0.3) is 0 Å². The molecular formula is C26H38N4O. The lowest BCUT2D eigenvalue weighted by Crippen LogP contribution is -1.95. The maximum atomic E-state index is 5.49. The molecule has 0 radical (unpaired) electrons. The van der Waals surface area contributed by atoms with Gasteiger partial charge in [0.15, 0.2) is 0 Å². The molecule has 3 heterocycles. The molecule has 0 aliphatic rings. The van der Waals surface area contributed by atoms with Gasteiger partial charge in [-0.2, -0.15) is 0 Å². The molecule has 0 bridgehead atoms. The Kier molecular flexibility index (Phi) is 11.3. The quantitative estimate of drug-likeness (QED) is 0.518. The van der Waals surface area contributed by atoms with Crippen LogP contribution in [0, 0.1) is 6.92 Å². The van der Waals surface area contributed by atoms with E-state index in [2.05, 4.69) is 69.5 Å². The number of nitrogen functional groups attached to an aromatic ring is 1. The number of hydrogen-bond acceptors (Lipinski definition) is 5. The summed E-state index contributed by atoms with van der Waals surface area (Å²) in [7, 11) is 1.62. The Balaban J connectivity index is 0.000000233. The molecule has 31 heavy (non-hydrogen) atoms. The number of rotatable bonds is 4. The molecule has 0 fully saturated rings. The number of hydrogen-bond donors (Lipinski definition) is 1. The lowest BCUT2D eigenvalue weighted by Gasteiger charge is -2.04. The fraction of sp³-hybridized carbons (Fsp3) is 0.423. The summed E-state index contributed by atoms with van der Waals surface area (Å²) in [6, 6.07) is 13.8. The van der Waals surface area contributed by atoms with Crippen LogP contribution in [-0.4, -0.2) is 22.1 Å². The summed E-state index contributed by atoms with van der Waals surface area (Å²) in [5, 5.41) is 0. The molecule has 0 saturated heterocycles. The SMILES string of the molecule is CC(C)c1cccc(N)n1.COc1ccc(C(C)C)cn1.Cc1ccnc(C(C)C)c1. The third-order valence-corrected chi connectivity index (χ3v) is 4.55. The van der Waals surface area contributed by atoms with Gasteiger partial charge in [-0.05, 0) is 60.1 Å². The topological polar surface area (TPSA) is 73.9 Å². The fourth-order valence-corrected chi connectivity index (χ4v) is 2.52. The first-order valence-corrected chi connectivity index (χ1v) is 10.8. The lowest BCUT2D eigenvalue weighted by atomic mass is 10.1. The summed E-state index contributed by atoms with van der Waals surface area (Å²) >= 11 is 0. The normalized spacial score (nSPS) is 10.3. The Hall–Kier alpha value is -2.95. The molecule has 3 aromatic rings. The zero-order valence-corrected chi connectivity index (χ0v) is 20.3. The van der Waals surface area contributed by atoms with Crippen molar-refractivity contribution in [1.82, 2.24) is 15.0 Å². The van der Waals surface area contributed by atoms with Crippen LogP contribution in [0.5, 0.6) is 5.88 Å². The van der Waals surface area contributed by atoms with E-state index >= 15 is 0 Å². The number of aromatic nitrogens is 3. The molecule has 0 unspecified atom stereocenters. The van der Waals surface area contributed by atoms with E-state index in [1.807, 2.05) is 42.7 Å². The van der Waals surface area contributed by atoms with E-state index in [0.717, 1.165) is 5.69 Å². The van der Waals surface area contributed by atoms with Gasteiger partial charge >= 0.3 is 0 Å². The number of methoxy groups -OCH3 is 1. The van der Waals surface area contributed by atoms with Crippen molar-refractivity contribution in [2.45, 2.75) is 66.2 Å². The van der Waals surface area contributed by atoms with Crippen molar-refractivity contribution >= 4 is 5.82 Å². The van der Waals surface area contributed by atoms with E-state index in [-0.39, 0.29) is 0 Å². The molecule has 0 amide bonds. The van der Waals surface area contributed by atoms with Crippen LogP contribution in [0.2, 0.25) is 0 Å². The number of aryl methyl sites for hydroxylation is 1. The Morgan fingerprint density at radius 2 is 1.48 bits per heavy atom. The predicted octanol–water partition coefficient (Wildman–Crippen LogP) is 6.51. The van der Waals surface area contributed by atoms with Crippen molar-refractivity contribution in [2.24, 2.45) is 0 Å². The standard InChI is InChI=1S/C9H13NO.C9H13N.C8H12N2/c1-7(2)8-4-5-9(11-3)10-6-8;1-7(2)9-6-8(3)4-5-10-9;1-6(2)7-4-3-5-8(9)10-7/h4-7H,1-3H3;4-7H,1-3H3;3-6H,1-2H3,(H2,9,10). The molecule has 0 aromatic carbocycles. The van der Waals surface area contributed by atoms with Crippen molar-refractivity contribution in [3.63, 3.8) is 0 Å². The van der Waals surface area contributed by atoms with E-state index in [9.17, 15) is 0 Å². The summed E-state index contributed by atoms with van der Waals surface area (Å²) in [6.45, 7) is 14.9. The second-order valence-corrected chi connectivity index (χ2v) is 8.34. The lowest BCUT2D eigenvalue weighted by molar-refractivity contribution is 0.397. The summed E-state index contributed by atoms with van der Waals surface area (Å²) < 4.78 is 4.94. The van der Waals surface area contributed by atoms with Crippen molar-refractivity contribution < 1.29 is 4.74 Å². The van der Waals surface area contributed by atoms with Gasteiger partial charge in [0.25, 0.3) is 0 Å². The van der Waals surface area contributed by atoms with Crippen LogP contribution < -0.4 is 10.5 Å². The van der Waals surface area contributed by atoms with Crippen LogP contribution in [0.3, 0.4) is 0 Å². The van der Waals surface area contributed by atoms with E-state index in [1.54, 1.807) is 13.2 Å². The molecule has 0 atom stereocenters. The largest absolute Gasteiger partial charge is 0.481 e. The molecular weight excluding hydrogens is 384 g/mol. The van der Waals surface area contributed by atoms with Crippen LogP contribution in [0.4, 0.5) is 5.82 Å². The van der Waals surface area contributed by atoms with Gasteiger partial charge < -0.3 is 10.5 Å². The molecule has 2 N–H and O–H groups in total. The van der Waals surface area contributed by atoms with Gasteiger partial charge in [-0.25, -0.2) is 9.97 Å². The number of nitrogens with two attached hydrogens (primary N) is 1. The van der Waals surface area contributed by atoms with Gasteiger partial charge in [0.1, 0.15) is 5.82 Å². The van der Waals surface area contributed by atoms with Gasteiger partial charge in [0, 0.05) is 29.8 Å². The highest BCUT2D eigenvalue weighted by molar-refractivity contribution is 5.29. The van der Waals surface area contributed by atoms with Crippen molar-refractivity contribution in [3.05, 3.63) is 77.4 Å². The van der Waals surface area contributed by atoms with Gasteiger partial charge in [-0.1, -0.05) is 53.7 Å². The van der Waals surface area contributed by atoms with E-state index in [1.165, 1.54) is 16.8 Å². The van der Waals surface area contributed by atoms with E-state index in [0.29, 0.717) is 29.5 Å². The third-order valence-electron chi connectivity index (χ3n) is 4.55. The Bertz CT molecular complexity index is 840. The second kappa shape index (κ2) is 13.4. The molecule has 3 aromatic heterocycles. The minimum absolute atomic E-state index is 0.462. The minimum Gasteiger partial charge on any atom is -0.481 e. The highest BCUT2D eigenvalue weighted by atomic mass is 16.5. The maximum absolute atomic E-state index is 5.49. The monoisotopic (exact) mass is 422 g/mol. The van der Waals surface area contributed by atoms with Crippen LogP contribution in [-0.2, 0) is 0 Å². The molecule has 0 spiro atoms. The number of nitrogens with zero attached hydrogens (tertiary/aromatic N) is 3. The number of ether oxygens (including phenoxy) is 1. The summed E-state index contributed by atoms with van der Waals surface area (Å²) in [5.74, 6) is 2.82. The smallest absolute Gasteiger partial charge is 0.212 e. The summed E-state index contributed by atoms with van der Waals surface area (Å²) in [4.78, 5) is 12.5. The van der Waals surface area contributed by atoms with Crippen molar-refractivity contribution in [3.8, 4) is 5.88 Å². The van der Waals surface area contributed by atoms with Crippen molar-refractivity contribution in [2.75, 3.05) is 12.8 Å². The molecule has 0 saturated carbocycles. The highest BCUT2D eigenvalue weighted by Gasteiger charge is 2.00. The minimum atomic E-state index is 0.462. The van der Waals surface area contributed by atoms with Gasteiger partial charge in [0.05, 0.1) is 7.11 Å². The molecule has 168 valence electrons. The van der Waals surface area contributed by atoms with E-state index < -0.39 is 0 Å². The average Bonchev–Trinajstić information content (AvgIpc) is 2.74. The first-order valence-electron chi connectivity index (χ1n) is 10.8. The summed E-state index contributed by atoms with van der Waals surface area (Å²) in [5.41, 5.74) is 10.3. The van der Waals surface area contributed by atoms with Crippen LogP contribution in [0.15, 0.2) is 54.9 Å².